The maximum absolute atomic E-state index is 13.7. The molecule has 0 atom stereocenters. The first kappa shape index (κ1) is 24.4. The van der Waals surface area contributed by atoms with Crippen LogP contribution in [0.4, 0.5) is 30.8 Å². The van der Waals surface area contributed by atoms with Crippen molar-refractivity contribution in [2.45, 2.75) is 32.6 Å². The number of aryl methyl sites for hydroxylation is 1. The molecule has 0 bridgehead atoms. The second kappa shape index (κ2) is 9.87. The number of rotatable bonds is 7. The van der Waals surface area contributed by atoms with Crippen molar-refractivity contribution in [2.24, 2.45) is 5.92 Å². The van der Waals surface area contributed by atoms with E-state index in [2.05, 4.69) is 20.9 Å². The SMILES string of the molecule is Cc1ccc(Oc2ccnc(NC(=O)C3CC3)c2)cc1NC(=O)Nc1ccc(Cl)c(C(C)(F)F)c1. The summed E-state index contributed by atoms with van der Waals surface area (Å²) in [4.78, 5) is 28.6. The molecule has 1 fully saturated rings. The summed E-state index contributed by atoms with van der Waals surface area (Å²) in [5, 5.41) is 7.91. The summed E-state index contributed by atoms with van der Waals surface area (Å²) in [6.45, 7) is 2.54. The molecule has 3 amide bonds. The number of urea groups is 1. The molecule has 10 heteroatoms. The third-order valence-corrected chi connectivity index (χ3v) is 5.65. The zero-order valence-corrected chi connectivity index (χ0v) is 19.7. The molecule has 35 heavy (non-hydrogen) atoms. The van der Waals surface area contributed by atoms with Gasteiger partial charge in [0.25, 0.3) is 5.92 Å². The van der Waals surface area contributed by atoms with E-state index in [0.29, 0.717) is 23.0 Å². The van der Waals surface area contributed by atoms with Gasteiger partial charge in [-0.05, 0) is 55.7 Å². The van der Waals surface area contributed by atoms with Crippen LogP contribution in [-0.2, 0) is 10.7 Å². The Morgan fingerprint density at radius 2 is 1.77 bits per heavy atom. The van der Waals surface area contributed by atoms with Gasteiger partial charge in [-0.2, -0.15) is 0 Å². The fraction of sp³-hybridized carbons (Fsp3) is 0.240. The maximum atomic E-state index is 13.7. The summed E-state index contributed by atoms with van der Waals surface area (Å²) in [5.41, 5.74) is 1.02. The molecule has 7 nitrogen and oxygen atoms in total. The van der Waals surface area contributed by atoms with Crippen LogP contribution in [0.3, 0.4) is 0 Å². The van der Waals surface area contributed by atoms with Gasteiger partial charge in [-0.15, -0.1) is 0 Å². The van der Waals surface area contributed by atoms with Crippen LogP contribution in [-0.4, -0.2) is 16.9 Å². The van der Waals surface area contributed by atoms with Gasteiger partial charge in [0.15, 0.2) is 0 Å². The largest absolute Gasteiger partial charge is 0.457 e. The van der Waals surface area contributed by atoms with Crippen LogP contribution in [0, 0.1) is 12.8 Å². The average molecular weight is 501 g/mol. The van der Waals surface area contributed by atoms with Crippen molar-refractivity contribution in [3.05, 3.63) is 70.9 Å². The molecule has 2 aromatic carbocycles. The van der Waals surface area contributed by atoms with Gasteiger partial charge in [0.1, 0.15) is 17.3 Å². The van der Waals surface area contributed by atoms with Gasteiger partial charge in [0.05, 0.1) is 0 Å². The van der Waals surface area contributed by atoms with E-state index in [1.807, 2.05) is 0 Å². The minimum Gasteiger partial charge on any atom is -0.457 e. The highest BCUT2D eigenvalue weighted by Gasteiger charge is 2.30. The summed E-state index contributed by atoms with van der Waals surface area (Å²) < 4.78 is 33.3. The molecule has 3 aromatic rings. The first-order chi connectivity index (χ1) is 16.6. The topological polar surface area (TPSA) is 92.3 Å². The Bertz CT molecular complexity index is 1280. The monoisotopic (exact) mass is 500 g/mol. The first-order valence-electron chi connectivity index (χ1n) is 10.9. The number of halogens is 3. The van der Waals surface area contributed by atoms with E-state index in [1.54, 1.807) is 37.3 Å². The molecule has 4 rings (SSSR count). The summed E-state index contributed by atoms with van der Waals surface area (Å²) in [6.07, 6.45) is 3.30. The minimum atomic E-state index is -3.15. The number of aromatic nitrogens is 1. The first-order valence-corrected chi connectivity index (χ1v) is 11.3. The van der Waals surface area contributed by atoms with Gasteiger partial charge in [-0.25, -0.2) is 18.6 Å². The van der Waals surface area contributed by atoms with Crippen LogP contribution in [0.2, 0.25) is 5.02 Å². The van der Waals surface area contributed by atoms with Crippen molar-refractivity contribution in [3.8, 4) is 11.5 Å². The Hall–Kier alpha value is -3.72. The lowest BCUT2D eigenvalue weighted by molar-refractivity contribution is -0.117. The number of nitrogens with one attached hydrogen (secondary N) is 3. The van der Waals surface area contributed by atoms with Crippen LogP contribution >= 0.6 is 11.6 Å². The second-order valence-corrected chi connectivity index (χ2v) is 8.79. The quantitative estimate of drug-likeness (QED) is 0.327. The normalized spacial score (nSPS) is 13.2. The summed E-state index contributed by atoms with van der Waals surface area (Å²) in [5.74, 6) is -1.87. The second-order valence-electron chi connectivity index (χ2n) is 8.38. The van der Waals surface area contributed by atoms with E-state index in [0.717, 1.165) is 31.4 Å². The Kier molecular flexibility index (Phi) is 6.88. The highest BCUT2D eigenvalue weighted by atomic mass is 35.5. The molecule has 1 aliphatic carbocycles. The number of carbonyl (C=O) groups is 2. The molecular formula is C25H23ClF2N4O3. The molecular weight excluding hydrogens is 478 g/mol. The van der Waals surface area contributed by atoms with Crippen molar-refractivity contribution in [3.63, 3.8) is 0 Å². The van der Waals surface area contributed by atoms with Crippen LogP contribution in [0.1, 0.15) is 30.9 Å². The molecule has 0 saturated heterocycles. The predicted molar refractivity (Wildman–Crippen MR) is 131 cm³/mol. The van der Waals surface area contributed by atoms with E-state index in [9.17, 15) is 18.4 Å². The number of anilines is 3. The highest BCUT2D eigenvalue weighted by Crippen LogP contribution is 2.35. The van der Waals surface area contributed by atoms with Gasteiger partial charge in [-0.1, -0.05) is 17.7 Å². The lowest BCUT2D eigenvalue weighted by atomic mass is 10.1. The minimum absolute atomic E-state index is 0.0520. The highest BCUT2D eigenvalue weighted by molar-refractivity contribution is 6.31. The summed E-state index contributed by atoms with van der Waals surface area (Å²) in [7, 11) is 0. The molecule has 182 valence electrons. The third-order valence-electron chi connectivity index (χ3n) is 5.32. The Balaban J connectivity index is 1.43. The fourth-order valence-electron chi connectivity index (χ4n) is 3.28. The molecule has 1 heterocycles. The smallest absolute Gasteiger partial charge is 0.323 e. The molecule has 0 radical (unpaired) electrons. The molecule has 1 aliphatic rings. The van der Waals surface area contributed by atoms with Crippen molar-refractivity contribution in [2.75, 3.05) is 16.0 Å². The number of nitrogens with zero attached hydrogens (tertiary/aromatic N) is 1. The lowest BCUT2D eigenvalue weighted by Gasteiger charge is -2.15. The predicted octanol–water partition coefficient (Wildman–Crippen LogP) is 6.94. The number of alkyl halides is 2. The van der Waals surface area contributed by atoms with Crippen molar-refractivity contribution in [1.82, 2.24) is 4.98 Å². The van der Waals surface area contributed by atoms with Crippen molar-refractivity contribution >= 4 is 40.7 Å². The number of amides is 3. The van der Waals surface area contributed by atoms with E-state index < -0.39 is 12.0 Å². The summed E-state index contributed by atoms with van der Waals surface area (Å²) >= 11 is 5.86. The van der Waals surface area contributed by atoms with Crippen LogP contribution in [0.5, 0.6) is 11.5 Å². The van der Waals surface area contributed by atoms with Gasteiger partial charge >= 0.3 is 6.03 Å². The summed E-state index contributed by atoms with van der Waals surface area (Å²) in [6, 6.07) is 11.6. The van der Waals surface area contributed by atoms with Gasteiger partial charge in [0, 0.05) is 53.1 Å². The molecule has 1 aromatic heterocycles. The Morgan fingerprint density at radius 1 is 1.03 bits per heavy atom. The van der Waals surface area contributed by atoms with Gasteiger partial charge in [-0.3, -0.25) is 4.79 Å². The maximum Gasteiger partial charge on any atom is 0.323 e. The van der Waals surface area contributed by atoms with E-state index >= 15 is 0 Å². The van der Waals surface area contributed by atoms with Gasteiger partial charge in [0.2, 0.25) is 5.91 Å². The number of pyridine rings is 1. The number of carbonyl (C=O) groups excluding carboxylic acids is 2. The fourth-order valence-corrected chi connectivity index (χ4v) is 3.56. The number of benzene rings is 2. The standard InChI is InChI=1S/C25H23ClF2N4O3/c1-14-3-7-17(35-18-9-10-29-22(13-18)32-23(33)15-4-5-15)12-21(14)31-24(34)30-16-6-8-20(26)19(11-16)25(2,27)28/h3,6-13,15H,4-5H2,1-2H3,(H,29,32,33)(H2,30,31,34). The van der Waals surface area contributed by atoms with Crippen LogP contribution in [0.25, 0.3) is 0 Å². The Morgan fingerprint density at radius 3 is 2.49 bits per heavy atom. The van der Waals surface area contributed by atoms with Crippen LogP contribution in [0.15, 0.2) is 54.7 Å². The van der Waals surface area contributed by atoms with Crippen LogP contribution < -0.4 is 20.7 Å². The lowest BCUT2D eigenvalue weighted by Crippen LogP contribution is -2.20. The Labute approximate surface area is 205 Å². The number of hydrogen-bond donors (Lipinski definition) is 3. The number of hydrogen-bond acceptors (Lipinski definition) is 4. The zero-order chi connectivity index (χ0) is 25.2. The molecule has 1 saturated carbocycles. The molecule has 0 unspecified atom stereocenters. The third kappa shape index (κ3) is 6.45. The zero-order valence-electron chi connectivity index (χ0n) is 19.0. The van der Waals surface area contributed by atoms with Gasteiger partial charge < -0.3 is 20.7 Å². The average Bonchev–Trinajstić information content (AvgIpc) is 3.62. The van der Waals surface area contributed by atoms with Crippen molar-refractivity contribution < 1.29 is 23.1 Å². The van der Waals surface area contributed by atoms with E-state index in [4.69, 9.17) is 16.3 Å². The van der Waals surface area contributed by atoms with E-state index in [1.165, 1.54) is 18.3 Å². The number of ether oxygens (including phenoxy) is 1. The molecule has 3 N–H and O–H groups in total. The van der Waals surface area contributed by atoms with Crippen molar-refractivity contribution in [1.29, 1.82) is 0 Å². The molecule has 0 aliphatic heterocycles. The van der Waals surface area contributed by atoms with E-state index in [-0.39, 0.29) is 28.1 Å². The molecule has 0 spiro atoms.